The Hall–Kier alpha value is -3.46. The van der Waals surface area contributed by atoms with Crippen LogP contribution in [0.1, 0.15) is 6.92 Å². The van der Waals surface area contributed by atoms with Gasteiger partial charge in [0.05, 0.1) is 0 Å². The minimum Gasteiger partial charge on any atom is -0.343 e. The van der Waals surface area contributed by atoms with Crippen molar-refractivity contribution in [2.75, 3.05) is 48.3 Å². The molecule has 0 bridgehead atoms. The van der Waals surface area contributed by atoms with E-state index in [0.29, 0.717) is 31.9 Å². The van der Waals surface area contributed by atoms with Crippen LogP contribution in [0.15, 0.2) is 54.6 Å². The van der Waals surface area contributed by atoms with Crippen LogP contribution in [0.2, 0.25) is 0 Å². The van der Waals surface area contributed by atoms with E-state index in [-0.39, 0.29) is 11.9 Å². The molecule has 3 amide bonds. The molecule has 2 heterocycles. The van der Waals surface area contributed by atoms with Gasteiger partial charge < -0.3 is 20.0 Å². The van der Waals surface area contributed by atoms with Crippen LogP contribution in [0.5, 0.6) is 0 Å². The molecule has 1 aromatic heterocycles. The van der Waals surface area contributed by atoms with Crippen molar-refractivity contribution in [1.82, 2.24) is 14.3 Å². The van der Waals surface area contributed by atoms with Crippen molar-refractivity contribution >= 4 is 40.0 Å². The lowest BCUT2D eigenvalue weighted by atomic mass is 10.2. The molecular weight excluding hydrogens is 412 g/mol. The van der Waals surface area contributed by atoms with Crippen molar-refractivity contribution in [3.8, 4) is 11.4 Å². The molecular formula is C22H24N6O2S. The summed E-state index contributed by atoms with van der Waals surface area (Å²) in [7, 11) is 1.72. The minimum atomic E-state index is -0.130. The van der Waals surface area contributed by atoms with Crippen molar-refractivity contribution in [3.05, 3.63) is 54.6 Å². The Labute approximate surface area is 185 Å². The van der Waals surface area contributed by atoms with Gasteiger partial charge in [0, 0.05) is 68.6 Å². The van der Waals surface area contributed by atoms with Crippen LogP contribution in [0.25, 0.3) is 11.4 Å². The van der Waals surface area contributed by atoms with Gasteiger partial charge in [0.2, 0.25) is 11.0 Å². The van der Waals surface area contributed by atoms with Gasteiger partial charge in [-0.05, 0) is 24.3 Å². The number of carbonyl (C=O) groups excluding carboxylic acids is 2. The Morgan fingerprint density at radius 1 is 1.00 bits per heavy atom. The maximum Gasteiger partial charge on any atom is 0.321 e. The zero-order valence-electron chi connectivity index (χ0n) is 17.5. The van der Waals surface area contributed by atoms with Crippen molar-refractivity contribution in [2.45, 2.75) is 6.92 Å². The van der Waals surface area contributed by atoms with E-state index in [1.54, 1.807) is 29.0 Å². The van der Waals surface area contributed by atoms with Crippen LogP contribution < -0.4 is 15.1 Å². The summed E-state index contributed by atoms with van der Waals surface area (Å²) in [5.41, 5.74) is 2.49. The lowest BCUT2D eigenvalue weighted by Crippen LogP contribution is -2.50. The van der Waals surface area contributed by atoms with E-state index >= 15 is 0 Å². The summed E-state index contributed by atoms with van der Waals surface area (Å²) in [5, 5.41) is 3.81. The highest BCUT2D eigenvalue weighted by Crippen LogP contribution is 2.25. The molecule has 160 valence electrons. The molecule has 9 heteroatoms. The highest BCUT2D eigenvalue weighted by Gasteiger charge is 2.23. The summed E-state index contributed by atoms with van der Waals surface area (Å²) in [4.78, 5) is 34.3. The van der Waals surface area contributed by atoms with Crippen LogP contribution in [0.4, 0.5) is 21.3 Å². The lowest BCUT2D eigenvalue weighted by Gasteiger charge is -2.34. The van der Waals surface area contributed by atoms with E-state index < -0.39 is 0 Å². The van der Waals surface area contributed by atoms with Gasteiger partial charge in [-0.2, -0.15) is 9.36 Å². The number of anilines is 3. The molecule has 0 aliphatic carbocycles. The fourth-order valence-electron chi connectivity index (χ4n) is 3.30. The number of nitrogens with zero attached hydrogens (tertiary/aromatic N) is 5. The first-order valence-electron chi connectivity index (χ1n) is 10.1. The second-order valence-electron chi connectivity index (χ2n) is 7.30. The van der Waals surface area contributed by atoms with Crippen molar-refractivity contribution in [3.63, 3.8) is 0 Å². The summed E-state index contributed by atoms with van der Waals surface area (Å²) >= 11 is 1.39. The number of benzene rings is 2. The van der Waals surface area contributed by atoms with Gasteiger partial charge >= 0.3 is 6.03 Å². The Bertz CT molecular complexity index is 1050. The normalized spacial score (nSPS) is 13.7. The molecule has 1 aliphatic rings. The molecule has 31 heavy (non-hydrogen) atoms. The van der Waals surface area contributed by atoms with E-state index in [1.807, 2.05) is 42.5 Å². The molecule has 8 nitrogen and oxygen atoms in total. The fourth-order valence-corrected chi connectivity index (χ4v) is 4.04. The Balaban J connectivity index is 1.31. The predicted molar refractivity (Wildman–Crippen MR) is 124 cm³/mol. The quantitative estimate of drug-likeness (QED) is 0.677. The van der Waals surface area contributed by atoms with E-state index in [0.717, 1.165) is 22.2 Å². The molecule has 2 aromatic carbocycles. The second kappa shape index (κ2) is 9.13. The smallest absolute Gasteiger partial charge is 0.321 e. The average Bonchev–Trinajstić information content (AvgIpc) is 3.30. The van der Waals surface area contributed by atoms with Gasteiger partial charge in [-0.3, -0.25) is 4.79 Å². The van der Waals surface area contributed by atoms with E-state index in [4.69, 9.17) is 0 Å². The van der Waals surface area contributed by atoms with Gasteiger partial charge in [0.1, 0.15) is 0 Å². The first-order valence-corrected chi connectivity index (χ1v) is 10.8. The topological polar surface area (TPSA) is 81.7 Å². The standard InChI is InChI=1S/C22H24N6O2S/c1-16(29)26(2)19-10-8-18(9-11-19)23-21(30)27-12-14-28(15-13-27)22-24-20(25-31-22)17-6-4-3-5-7-17/h3-11H,12-15H2,1-2H3,(H,23,30). The number of piperazine rings is 1. The first kappa shape index (κ1) is 20.8. The number of amides is 3. The molecule has 4 rings (SSSR count). The van der Waals surface area contributed by atoms with Crippen molar-refractivity contribution in [1.29, 1.82) is 0 Å². The highest BCUT2D eigenvalue weighted by molar-refractivity contribution is 7.09. The monoisotopic (exact) mass is 436 g/mol. The summed E-state index contributed by atoms with van der Waals surface area (Å²) in [6, 6.07) is 17.0. The number of carbonyl (C=O) groups is 2. The highest BCUT2D eigenvalue weighted by atomic mass is 32.1. The third kappa shape index (κ3) is 4.83. The number of hydrogen-bond acceptors (Lipinski definition) is 6. The molecule has 0 unspecified atom stereocenters. The van der Waals surface area contributed by atoms with Crippen LogP contribution in [-0.2, 0) is 4.79 Å². The molecule has 1 saturated heterocycles. The minimum absolute atomic E-state index is 0.0408. The summed E-state index contributed by atoms with van der Waals surface area (Å²) < 4.78 is 4.47. The molecule has 3 aromatic rings. The van der Waals surface area contributed by atoms with E-state index in [1.165, 1.54) is 18.5 Å². The Morgan fingerprint density at radius 2 is 1.68 bits per heavy atom. The average molecular weight is 437 g/mol. The predicted octanol–water partition coefficient (Wildman–Crippen LogP) is 3.54. The number of rotatable bonds is 4. The van der Waals surface area contributed by atoms with E-state index in [9.17, 15) is 9.59 Å². The maximum atomic E-state index is 12.6. The maximum absolute atomic E-state index is 12.6. The molecule has 1 fully saturated rings. The van der Waals surface area contributed by atoms with Gasteiger partial charge in [0.15, 0.2) is 5.82 Å². The van der Waals surface area contributed by atoms with Crippen LogP contribution >= 0.6 is 11.5 Å². The zero-order chi connectivity index (χ0) is 21.8. The Morgan fingerprint density at radius 3 is 2.32 bits per heavy atom. The van der Waals surface area contributed by atoms with Gasteiger partial charge in [-0.15, -0.1) is 0 Å². The first-order chi connectivity index (χ1) is 15.0. The number of aromatic nitrogens is 2. The molecule has 0 saturated carbocycles. The number of urea groups is 1. The molecule has 0 radical (unpaired) electrons. The number of hydrogen-bond donors (Lipinski definition) is 1. The van der Waals surface area contributed by atoms with Gasteiger partial charge in [-0.1, -0.05) is 30.3 Å². The zero-order valence-corrected chi connectivity index (χ0v) is 18.3. The summed E-state index contributed by atoms with van der Waals surface area (Å²) in [6.07, 6.45) is 0. The molecule has 1 N–H and O–H groups in total. The lowest BCUT2D eigenvalue weighted by molar-refractivity contribution is -0.116. The van der Waals surface area contributed by atoms with Crippen molar-refractivity contribution in [2.24, 2.45) is 0 Å². The third-order valence-electron chi connectivity index (χ3n) is 5.26. The van der Waals surface area contributed by atoms with Crippen molar-refractivity contribution < 1.29 is 9.59 Å². The number of nitrogens with one attached hydrogen (secondary N) is 1. The SMILES string of the molecule is CC(=O)N(C)c1ccc(NC(=O)N2CCN(c3nc(-c4ccccc4)ns3)CC2)cc1. The summed E-state index contributed by atoms with van der Waals surface area (Å²) in [5.74, 6) is 0.695. The third-order valence-corrected chi connectivity index (χ3v) is 6.04. The van der Waals surface area contributed by atoms with Gasteiger partial charge in [-0.25, -0.2) is 4.79 Å². The van der Waals surface area contributed by atoms with Crippen LogP contribution in [0, 0.1) is 0 Å². The fraction of sp³-hybridized carbons (Fsp3) is 0.273. The second-order valence-corrected chi connectivity index (χ2v) is 8.03. The summed E-state index contributed by atoms with van der Waals surface area (Å²) in [6.45, 7) is 4.15. The van der Waals surface area contributed by atoms with Crippen LogP contribution in [0.3, 0.4) is 0 Å². The molecule has 1 aliphatic heterocycles. The Kier molecular flexibility index (Phi) is 6.13. The van der Waals surface area contributed by atoms with E-state index in [2.05, 4.69) is 19.6 Å². The molecule has 0 atom stereocenters. The van der Waals surface area contributed by atoms with Gasteiger partial charge in [0.25, 0.3) is 0 Å². The van der Waals surface area contributed by atoms with Crippen LogP contribution in [-0.4, -0.2) is 59.4 Å². The largest absolute Gasteiger partial charge is 0.343 e. The molecule has 0 spiro atoms.